The number of halogens is 3. The smallest absolute Gasteiger partial charge is 0.338 e. The van der Waals surface area contributed by atoms with E-state index >= 15 is 0 Å². The number of nitrogens with one attached hydrogen (secondary N) is 1. The number of amides is 1. The molecule has 2 aromatic carbocycles. The van der Waals surface area contributed by atoms with Gasteiger partial charge in [-0.05, 0) is 46.3 Å². The fourth-order valence-electron chi connectivity index (χ4n) is 2.01. The number of esters is 1. The van der Waals surface area contributed by atoms with Crippen molar-refractivity contribution in [3.8, 4) is 0 Å². The summed E-state index contributed by atoms with van der Waals surface area (Å²) < 4.78 is 56.6. The largest absolute Gasteiger partial charge is 0.452 e. The molecule has 0 saturated heterocycles. The lowest BCUT2D eigenvalue weighted by atomic mass is 10.2. The first-order valence-electron chi connectivity index (χ1n) is 7.66. The van der Waals surface area contributed by atoms with Gasteiger partial charge in [-0.1, -0.05) is 0 Å². The molecular formula is C17H15BrF2N2O5S. The number of anilines is 1. The molecule has 150 valence electrons. The Morgan fingerprint density at radius 3 is 2.39 bits per heavy atom. The van der Waals surface area contributed by atoms with Crippen LogP contribution in [0.15, 0.2) is 45.8 Å². The molecule has 0 unspecified atom stereocenters. The van der Waals surface area contributed by atoms with Gasteiger partial charge in [0.15, 0.2) is 18.2 Å². The minimum Gasteiger partial charge on any atom is -0.452 e. The van der Waals surface area contributed by atoms with Crippen molar-refractivity contribution in [3.63, 3.8) is 0 Å². The zero-order valence-electron chi connectivity index (χ0n) is 14.7. The highest BCUT2D eigenvalue weighted by Gasteiger charge is 2.23. The normalized spacial score (nSPS) is 11.4. The van der Waals surface area contributed by atoms with Crippen LogP contribution in [-0.2, 0) is 19.6 Å². The topological polar surface area (TPSA) is 92.8 Å². The highest BCUT2D eigenvalue weighted by Crippen LogP contribution is 2.25. The van der Waals surface area contributed by atoms with E-state index in [1.165, 1.54) is 26.2 Å². The number of rotatable bonds is 6. The second-order valence-electron chi connectivity index (χ2n) is 5.69. The first kappa shape index (κ1) is 21.9. The average Bonchev–Trinajstić information content (AvgIpc) is 2.63. The Kier molecular flexibility index (Phi) is 6.86. The molecule has 0 atom stereocenters. The molecule has 1 amide bonds. The maximum absolute atomic E-state index is 13.1. The summed E-state index contributed by atoms with van der Waals surface area (Å²) in [4.78, 5) is 23.8. The van der Waals surface area contributed by atoms with Crippen molar-refractivity contribution in [3.05, 3.63) is 58.1 Å². The Labute approximate surface area is 168 Å². The maximum atomic E-state index is 13.1. The molecular weight excluding hydrogens is 462 g/mol. The molecule has 0 aliphatic heterocycles. The third kappa shape index (κ3) is 5.12. The first-order valence-corrected chi connectivity index (χ1v) is 9.90. The molecule has 7 nitrogen and oxygen atoms in total. The second-order valence-corrected chi connectivity index (χ2v) is 8.66. The molecule has 0 spiro atoms. The lowest BCUT2D eigenvalue weighted by Crippen LogP contribution is -2.23. The fourth-order valence-corrected chi connectivity index (χ4v) is 3.85. The number of nitrogens with zero attached hydrogens (tertiary/aromatic N) is 1. The van der Waals surface area contributed by atoms with E-state index in [0.717, 1.165) is 28.6 Å². The third-order valence-electron chi connectivity index (χ3n) is 3.46. The predicted molar refractivity (Wildman–Crippen MR) is 100 cm³/mol. The van der Waals surface area contributed by atoms with Gasteiger partial charge in [-0.25, -0.2) is 26.3 Å². The van der Waals surface area contributed by atoms with Gasteiger partial charge in [-0.2, -0.15) is 0 Å². The number of hydrogen-bond acceptors (Lipinski definition) is 5. The second kappa shape index (κ2) is 8.76. The molecule has 2 aromatic rings. The van der Waals surface area contributed by atoms with E-state index in [-0.39, 0.29) is 20.6 Å². The minimum atomic E-state index is -3.81. The highest BCUT2D eigenvalue weighted by molar-refractivity contribution is 9.10. The third-order valence-corrected chi connectivity index (χ3v) is 6.27. The van der Waals surface area contributed by atoms with Crippen molar-refractivity contribution in [1.82, 2.24) is 4.31 Å². The number of carbonyl (C=O) groups excluding carboxylic acids is 2. The Bertz CT molecular complexity index is 1030. The summed E-state index contributed by atoms with van der Waals surface area (Å²) in [5.74, 6) is -3.91. The fraction of sp³-hybridized carbons (Fsp3) is 0.176. The molecule has 0 bridgehead atoms. The lowest BCUT2D eigenvalue weighted by Gasteiger charge is -2.14. The molecule has 0 aliphatic rings. The van der Waals surface area contributed by atoms with E-state index in [4.69, 9.17) is 4.74 Å². The summed E-state index contributed by atoms with van der Waals surface area (Å²) >= 11 is 3.11. The van der Waals surface area contributed by atoms with Gasteiger partial charge in [0.1, 0.15) is 0 Å². The van der Waals surface area contributed by atoms with Crippen LogP contribution in [0.2, 0.25) is 0 Å². The van der Waals surface area contributed by atoms with E-state index in [2.05, 4.69) is 21.2 Å². The summed E-state index contributed by atoms with van der Waals surface area (Å²) in [7, 11) is -1.12. The summed E-state index contributed by atoms with van der Waals surface area (Å²) in [5.41, 5.74) is -0.0906. The number of benzene rings is 2. The quantitative estimate of drug-likeness (QED) is 0.647. The number of hydrogen-bond donors (Lipinski definition) is 1. The van der Waals surface area contributed by atoms with Gasteiger partial charge in [-0.15, -0.1) is 0 Å². The first-order chi connectivity index (χ1) is 13.0. The van der Waals surface area contributed by atoms with Gasteiger partial charge in [0.2, 0.25) is 10.0 Å². The molecule has 1 N–H and O–H groups in total. The van der Waals surface area contributed by atoms with Crippen molar-refractivity contribution < 1.29 is 31.5 Å². The summed E-state index contributed by atoms with van der Waals surface area (Å²) in [6.45, 7) is -0.705. The van der Waals surface area contributed by atoms with Gasteiger partial charge < -0.3 is 10.1 Å². The molecule has 0 aliphatic carbocycles. The van der Waals surface area contributed by atoms with Crippen molar-refractivity contribution in [2.24, 2.45) is 0 Å². The van der Waals surface area contributed by atoms with Crippen LogP contribution < -0.4 is 5.32 Å². The van der Waals surface area contributed by atoms with Gasteiger partial charge in [0, 0.05) is 30.3 Å². The number of carbonyl (C=O) groups is 2. The highest BCUT2D eigenvalue weighted by atomic mass is 79.9. The van der Waals surface area contributed by atoms with Gasteiger partial charge >= 0.3 is 5.97 Å². The molecule has 28 heavy (non-hydrogen) atoms. The van der Waals surface area contributed by atoms with E-state index < -0.39 is 40.1 Å². The molecule has 0 saturated carbocycles. The lowest BCUT2D eigenvalue weighted by molar-refractivity contribution is -0.119. The van der Waals surface area contributed by atoms with Gasteiger partial charge in [0.25, 0.3) is 5.91 Å². The summed E-state index contributed by atoms with van der Waals surface area (Å²) in [6.07, 6.45) is 0. The van der Waals surface area contributed by atoms with Crippen LogP contribution in [0.3, 0.4) is 0 Å². The average molecular weight is 477 g/mol. The zero-order valence-corrected chi connectivity index (χ0v) is 17.1. The summed E-state index contributed by atoms with van der Waals surface area (Å²) in [6, 6.07) is 6.58. The Morgan fingerprint density at radius 2 is 1.79 bits per heavy atom. The molecule has 0 fully saturated rings. The molecule has 11 heteroatoms. The number of sulfonamides is 1. The van der Waals surface area contributed by atoms with Crippen LogP contribution in [0.5, 0.6) is 0 Å². The van der Waals surface area contributed by atoms with Crippen LogP contribution in [0, 0.1) is 11.6 Å². The SMILES string of the molecule is CN(C)S(=O)(=O)c1cc(C(=O)OCC(=O)Nc2ccc(F)c(F)c2)ccc1Br. The molecule has 0 aromatic heterocycles. The van der Waals surface area contributed by atoms with Crippen molar-refractivity contribution in [1.29, 1.82) is 0 Å². The minimum absolute atomic E-state index is 0.0112. The van der Waals surface area contributed by atoms with Crippen LogP contribution in [0.4, 0.5) is 14.5 Å². The Hall–Kier alpha value is -2.37. The van der Waals surface area contributed by atoms with Crippen LogP contribution in [-0.4, -0.2) is 45.3 Å². The molecule has 2 rings (SSSR count). The predicted octanol–water partition coefficient (Wildman–Crippen LogP) is 2.77. The zero-order chi connectivity index (χ0) is 21.1. The van der Waals surface area contributed by atoms with Gasteiger partial charge in [-0.3, -0.25) is 4.79 Å². The molecule has 0 heterocycles. The van der Waals surface area contributed by atoms with Crippen LogP contribution >= 0.6 is 15.9 Å². The van der Waals surface area contributed by atoms with E-state index in [9.17, 15) is 26.8 Å². The monoisotopic (exact) mass is 476 g/mol. The van der Waals surface area contributed by atoms with Crippen LogP contribution in [0.25, 0.3) is 0 Å². The Balaban J connectivity index is 2.07. The van der Waals surface area contributed by atoms with E-state index in [1.807, 2.05) is 0 Å². The van der Waals surface area contributed by atoms with Crippen LogP contribution in [0.1, 0.15) is 10.4 Å². The van der Waals surface area contributed by atoms with E-state index in [0.29, 0.717) is 0 Å². The number of ether oxygens (including phenoxy) is 1. The summed E-state index contributed by atoms with van der Waals surface area (Å²) in [5, 5.41) is 2.24. The van der Waals surface area contributed by atoms with Crippen molar-refractivity contribution in [2.45, 2.75) is 4.90 Å². The Morgan fingerprint density at radius 1 is 1.11 bits per heavy atom. The van der Waals surface area contributed by atoms with Gasteiger partial charge in [0.05, 0.1) is 10.5 Å². The van der Waals surface area contributed by atoms with Crippen molar-refractivity contribution in [2.75, 3.05) is 26.0 Å². The maximum Gasteiger partial charge on any atom is 0.338 e. The van der Waals surface area contributed by atoms with E-state index in [1.54, 1.807) is 0 Å². The van der Waals surface area contributed by atoms with Crippen molar-refractivity contribution >= 4 is 43.5 Å². The molecule has 0 radical (unpaired) electrons. The standard InChI is InChI=1S/C17H15BrF2N2O5S/c1-22(2)28(25,26)15-7-10(3-5-12(15)18)17(24)27-9-16(23)21-11-4-6-13(19)14(20)8-11/h3-8H,9H2,1-2H3,(H,21,23).